The van der Waals surface area contributed by atoms with E-state index in [1.165, 1.54) is 19.3 Å². The van der Waals surface area contributed by atoms with Crippen LogP contribution in [0.2, 0.25) is 0 Å². The Morgan fingerprint density at radius 1 is 1.33 bits per heavy atom. The average Bonchev–Trinajstić information content (AvgIpc) is 2.39. The molecule has 0 spiro atoms. The Kier molecular flexibility index (Phi) is 4.45. The molecule has 1 fully saturated rings. The van der Waals surface area contributed by atoms with Crippen LogP contribution in [0.15, 0.2) is 18.2 Å². The predicted molar refractivity (Wildman–Crippen MR) is 89.6 cm³/mol. The second-order valence-electron chi connectivity index (χ2n) is 7.02. The number of hydrogen-bond acceptors (Lipinski definition) is 3. The van der Waals surface area contributed by atoms with Gasteiger partial charge in [-0.3, -0.25) is 4.79 Å². The van der Waals surface area contributed by atoms with Gasteiger partial charge >= 0.3 is 0 Å². The first-order chi connectivity index (χ1) is 9.79. The maximum absolute atomic E-state index is 12.3. The van der Waals surface area contributed by atoms with Crippen LogP contribution in [0.1, 0.15) is 47.0 Å². The van der Waals surface area contributed by atoms with E-state index in [0.29, 0.717) is 11.7 Å². The van der Waals surface area contributed by atoms with Crippen LogP contribution < -0.4 is 16.0 Å². The Balaban J connectivity index is 2.31. The van der Waals surface area contributed by atoms with Gasteiger partial charge < -0.3 is 16.0 Å². The minimum absolute atomic E-state index is 0.0130. The van der Waals surface area contributed by atoms with Gasteiger partial charge in [-0.1, -0.05) is 20.8 Å². The molecule has 116 valence electrons. The first-order valence-electron chi connectivity index (χ1n) is 7.76. The Bertz CT molecular complexity index is 519. The van der Waals surface area contributed by atoms with Crippen LogP contribution in [0.3, 0.4) is 0 Å². The van der Waals surface area contributed by atoms with E-state index in [9.17, 15) is 4.79 Å². The quantitative estimate of drug-likeness (QED) is 0.817. The molecule has 4 heteroatoms. The van der Waals surface area contributed by atoms with Gasteiger partial charge in [0.25, 0.3) is 0 Å². The van der Waals surface area contributed by atoms with Crippen molar-refractivity contribution < 1.29 is 4.79 Å². The lowest BCUT2D eigenvalue weighted by atomic mass is 9.95. The van der Waals surface area contributed by atoms with Gasteiger partial charge in [0.2, 0.25) is 5.91 Å². The summed E-state index contributed by atoms with van der Waals surface area (Å²) < 4.78 is 0. The molecule has 1 aromatic carbocycles. The lowest BCUT2D eigenvalue weighted by molar-refractivity contribution is -0.123. The van der Waals surface area contributed by atoms with E-state index in [2.05, 4.69) is 17.1 Å². The number of nitrogens with one attached hydrogen (secondary N) is 1. The fourth-order valence-electron chi connectivity index (χ4n) is 2.67. The fourth-order valence-corrected chi connectivity index (χ4v) is 2.67. The van der Waals surface area contributed by atoms with E-state index in [0.717, 1.165) is 17.9 Å². The van der Waals surface area contributed by atoms with E-state index in [1.54, 1.807) is 0 Å². The van der Waals surface area contributed by atoms with Crippen LogP contribution in [0.5, 0.6) is 0 Å². The van der Waals surface area contributed by atoms with Crippen LogP contribution in [-0.2, 0) is 4.79 Å². The molecule has 1 atom stereocenters. The van der Waals surface area contributed by atoms with Crippen LogP contribution >= 0.6 is 0 Å². The molecule has 0 saturated carbocycles. The number of nitrogen functional groups attached to an aromatic ring is 1. The highest BCUT2D eigenvalue weighted by molar-refractivity contribution is 5.98. The average molecular weight is 289 g/mol. The summed E-state index contributed by atoms with van der Waals surface area (Å²) in [4.78, 5) is 14.7. The molecule has 1 aromatic rings. The molecule has 3 N–H and O–H groups in total. The summed E-state index contributed by atoms with van der Waals surface area (Å²) in [7, 11) is 0. The van der Waals surface area contributed by atoms with Gasteiger partial charge in [0.1, 0.15) is 0 Å². The molecule has 1 unspecified atom stereocenters. The van der Waals surface area contributed by atoms with Gasteiger partial charge in [-0.2, -0.15) is 0 Å². The maximum atomic E-state index is 12.3. The lowest BCUT2D eigenvalue weighted by Crippen LogP contribution is -2.38. The third kappa shape index (κ3) is 3.69. The van der Waals surface area contributed by atoms with E-state index in [-0.39, 0.29) is 5.91 Å². The second-order valence-corrected chi connectivity index (χ2v) is 7.02. The molecule has 0 radical (unpaired) electrons. The topological polar surface area (TPSA) is 58.4 Å². The molecule has 2 rings (SSSR count). The third-order valence-corrected chi connectivity index (χ3v) is 4.06. The summed E-state index contributed by atoms with van der Waals surface area (Å²) in [6.45, 7) is 9.02. The standard InChI is InChI=1S/C17H27N3O/c1-12-7-5-6-10-20(12)15-9-8-13(18)11-14(15)19-16(21)17(2,3)4/h8-9,11-12H,5-7,10,18H2,1-4H3,(H,19,21). The van der Waals surface area contributed by atoms with E-state index >= 15 is 0 Å². The van der Waals surface area contributed by atoms with Crippen molar-refractivity contribution in [1.82, 2.24) is 0 Å². The summed E-state index contributed by atoms with van der Waals surface area (Å²) >= 11 is 0. The summed E-state index contributed by atoms with van der Waals surface area (Å²) in [5.41, 5.74) is 8.06. The number of nitrogens with zero attached hydrogens (tertiary/aromatic N) is 1. The van der Waals surface area contributed by atoms with Crippen molar-refractivity contribution in [1.29, 1.82) is 0 Å². The zero-order chi connectivity index (χ0) is 15.6. The first kappa shape index (κ1) is 15.7. The minimum atomic E-state index is -0.421. The SMILES string of the molecule is CC1CCCCN1c1ccc(N)cc1NC(=O)C(C)(C)C. The molecule has 1 amide bonds. The van der Waals surface area contributed by atoms with Gasteiger partial charge in [0.05, 0.1) is 11.4 Å². The monoisotopic (exact) mass is 289 g/mol. The molecular formula is C17H27N3O. The Labute approximate surface area is 127 Å². The van der Waals surface area contributed by atoms with Crippen molar-refractivity contribution in [3.63, 3.8) is 0 Å². The highest BCUT2D eigenvalue weighted by Crippen LogP contribution is 2.33. The summed E-state index contributed by atoms with van der Waals surface area (Å²) in [5.74, 6) is 0.0130. The summed E-state index contributed by atoms with van der Waals surface area (Å²) in [6, 6.07) is 6.28. The second kappa shape index (κ2) is 5.96. The number of nitrogens with two attached hydrogens (primary N) is 1. The number of rotatable bonds is 2. The Morgan fingerprint density at radius 2 is 2.05 bits per heavy atom. The number of carbonyl (C=O) groups is 1. The highest BCUT2D eigenvalue weighted by atomic mass is 16.2. The largest absolute Gasteiger partial charge is 0.399 e. The van der Waals surface area contributed by atoms with Crippen molar-refractivity contribution in [2.75, 3.05) is 22.5 Å². The van der Waals surface area contributed by atoms with E-state index in [1.807, 2.05) is 39.0 Å². The summed E-state index contributed by atoms with van der Waals surface area (Å²) in [5, 5.41) is 3.05. The Hall–Kier alpha value is -1.71. The number of piperidine rings is 1. The zero-order valence-electron chi connectivity index (χ0n) is 13.6. The summed E-state index contributed by atoms with van der Waals surface area (Å²) in [6.07, 6.45) is 3.66. The van der Waals surface area contributed by atoms with E-state index in [4.69, 9.17) is 5.73 Å². The lowest BCUT2D eigenvalue weighted by Gasteiger charge is -2.37. The van der Waals surface area contributed by atoms with Crippen molar-refractivity contribution in [2.24, 2.45) is 5.41 Å². The molecule has 21 heavy (non-hydrogen) atoms. The molecule has 0 bridgehead atoms. The van der Waals surface area contributed by atoms with Gasteiger partial charge in [-0.25, -0.2) is 0 Å². The number of amides is 1. The molecule has 1 saturated heterocycles. The first-order valence-corrected chi connectivity index (χ1v) is 7.76. The van der Waals surface area contributed by atoms with Crippen molar-refractivity contribution in [3.8, 4) is 0 Å². The van der Waals surface area contributed by atoms with Gasteiger partial charge in [-0.05, 0) is 44.4 Å². The number of anilines is 3. The normalized spacial score (nSPS) is 19.4. The third-order valence-electron chi connectivity index (χ3n) is 4.06. The Morgan fingerprint density at radius 3 is 2.67 bits per heavy atom. The molecule has 1 aliphatic heterocycles. The highest BCUT2D eigenvalue weighted by Gasteiger charge is 2.25. The zero-order valence-corrected chi connectivity index (χ0v) is 13.6. The predicted octanol–water partition coefficient (Wildman–Crippen LogP) is 3.63. The van der Waals surface area contributed by atoms with Gasteiger partial charge in [0, 0.05) is 23.7 Å². The van der Waals surface area contributed by atoms with Crippen molar-refractivity contribution >= 4 is 23.0 Å². The number of carbonyl (C=O) groups excluding carboxylic acids is 1. The number of benzene rings is 1. The van der Waals surface area contributed by atoms with Crippen LogP contribution in [0, 0.1) is 5.41 Å². The fraction of sp³-hybridized carbons (Fsp3) is 0.588. The van der Waals surface area contributed by atoms with Gasteiger partial charge in [0.15, 0.2) is 0 Å². The van der Waals surface area contributed by atoms with Crippen molar-refractivity contribution in [2.45, 2.75) is 53.0 Å². The molecule has 0 aliphatic carbocycles. The maximum Gasteiger partial charge on any atom is 0.229 e. The van der Waals surface area contributed by atoms with Crippen molar-refractivity contribution in [3.05, 3.63) is 18.2 Å². The number of hydrogen-bond donors (Lipinski definition) is 2. The van der Waals surface area contributed by atoms with E-state index < -0.39 is 5.41 Å². The smallest absolute Gasteiger partial charge is 0.229 e. The van der Waals surface area contributed by atoms with Crippen LogP contribution in [0.4, 0.5) is 17.1 Å². The van der Waals surface area contributed by atoms with Crippen LogP contribution in [-0.4, -0.2) is 18.5 Å². The van der Waals surface area contributed by atoms with Gasteiger partial charge in [-0.15, -0.1) is 0 Å². The minimum Gasteiger partial charge on any atom is -0.399 e. The van der Waals surface area contributed by atoms with Crippen LogP contribution in [0.25, 0.3) is 0 Å². The molecule has 0 aromatic heterocycles. The molecule has 1 aliphatic rings. The molecule has 1 heterocycles. The molecule has 4 nitrogen and oxygen atoms in total. The molecular weight excluding hydrogens is 262 g/mol.